The van der Waals surface area contributed by atoms with Crippen LogP contribution in [0.3, 0.4) is 0 Å². The number of carbonyl (C=O) groups is 1. The second-order valence-corrected chi connectivity index (χ2v) is 6.10. The van der Waals surface area contributed by atoms with Gasteiger partial charge in [0.15, 0.2) is 12.6 Å². The zero-order chi connectivity index (χ0) is 17.5. The van der Waals surface area contributed by atoms with E-state index in [9.17, 15) is 4.79 Å². The van der Waals surface area contributed by atoms with E-state index < -0.39 is 41.7 Å². The van der Waals surface area contributed by atoms with Gasteiger partial charge in [-0.25, -0.2) is 4.79 Å². The summed E-state index contributed by atoms with van der Waals surface area (Å²) in [6.07, 6.45) is 3.88. The third kappa shape index (κ3) is 5.61. The van der Waals surface area contributed by atoms with Gasteiger partial charge in [0.25, 0.3) is 0 Å². The van der Waals surface area contributed by atoms with Crippen molar-refractivity contribution in [1.29, 1.82) is 0 Å². The summed E-state index contributed by atoms with van der Waals surface area (Å²) in [6.45, 7) is -0.124. The quantitative estimate of drug-likeness (QED) is 0.396. The fraction of sp³-hybridized carbons (Fsp3) is 0.667. The second-order valence-electron chi connectivity index (χ2n) is 5.09. The molecule has 0 bridgehead atoms. The molecular weight excluding hydrogens is 363 g/mol. The maximum atomic E-state index is 11.7. The first kappa shape index (κ1) is 19.5. The van der Waals surface area contributed by atoms with Crippen LogP contribution in [0.2, 0.25) is 0 Å². The van der Waals surface area contributed by atoms with Crippen LogP contribution in [-0.2, 0) is 28.4 Å². The van der Waals surface area contributed by atoms with Crippen LogP contribution in [0.15, 0.2) is 24.3 Å². The lowest BCUT2D eigenvalue weighted by atomic mass is 10.2. The Balaban J connectivity index is 1.72. The predicted octanol–water partition coefficient (Wildman–Crippen LogP) is 2.21. The van der Waals surface area contributed by atoms with Gasteiger partial charge in [0, 0.05) is 14.2 Å². The minimum atomic E-state index is -0.859. The van der Waals surface area contributed by atoms with Crippen LogP contribution in [0.1, 0.15) is 0 Å². The van der Waals surface area contributed by atoms with Crippen molar-refractivity contribution in [3.63, 3.8) is 0 Å². The molecule has 6 unspecified atom stereocenters. The second kappa shape index (κ2) is 9.60. The lowest BCUT2D eigenvalue weighted by Gasteiger charge is -2.29. The number of methoxy groups -OCH3 is 2. The highest BCUT2D eigenvalue weighted by Gasteiger charge is 2.29. The van der Waals surface area contributed by atoms with Crippen molar-refractivity contribution in [3.8, 4) is 0 Å². The molecule has 0 saturated heterocycles. The lowest BCUT2D eigenvalue weighted by Crippen LogP contribution is -2.39. The summed E-state index contributed by atoms with van der Waals surface area (Å²) in [4.78, 5) is 11.7. The summed E-state index contributed by atoms with van der Waals surface area (Å²) < 4.78 is 31.1. The van der Waals surface area contributed by atoms with Gasteiger partial charge in [0.2, 0.25) is 0 Å². The number of ether oxygens (including phenoxy) is 6. The average Bonchev–Trinajstić information content (AvgIpc) is 2.60. The summed E-state index contributed by atoms with van der Waals surface area (Å²) in [5.74, 6) is 0. The summed E-state index contributed by atoms with van der Waals surface area (Å²) in [6, 6.07) is 0. The van der Waals surface area contributed by atoms with E-state index in [1.165, 1.54) is 14.2 Å². The third-order valence-electron chi connectivity index (χ3n) is 3.43. The number of hydrogen-bond acceptors (Lipinski definition) is 7. The number of halogens is 2. The first-order valence-corrected chi connectivity index (χ1v) is 8.21. The Morgan fingerprint density at radius 3 is 1.67 bits per heavy atom. The summed E-state index contributed by atoms with van der Waals surface area (Å²) >= 11 is 12.2. The van der Waals surface area contributed by atoms with E-state index >= 15 is 0 Å². The highest BCUT2D eigenvalue weighted by molar-refractivity contribution is 6.22. The van der Waals surface area contributed by atoms with E-state index in [4.69, 9.17) is 51.6 Å². The SMILES string of the molecule is COC1C=CC(Cl)C(COC(=O)OCC2OC(OC)C=CC2Cl)O1. The molecule has 2 aliphatic heterocycles. The fourth-order valence-electron chi connectivity index (χ4n) is 2.10. The van der Waals surface area contributed by atoms with Crippen LogP contribution >= 0.6 is 23.2 Å². The molecular formula is C15H20Cl2O7. The number of carbonyl (C=O) groups excluding carboxylic acids is 1. The van der Waals surface area contributed by atoms with Crippen molar-refractivity contribution in [3.05, 3.63) is 24.3 Å². The normalized spacial score (nSPS) is 35.7. The molecule has 9 heteroatoms. The average molecular weight is 383 g/mol. The molecule has 6 atom stereocenters. The van der Waals surface area contributed by atoms with Crippen molar-refractivity contribution >= 4 is 29.4 Å². The van der Waals surface area contributed by atoms with Gasteiger partial charge in [-0.3, -0.25) is 0 Å². The molecule has 0 aromatic carbocycles. The summed E-state index contributed by atoms with van der Waals surface area (Å²) in [5.41, 5.74) is 0. The predicted molar refractivity (Wildman–Crippen MR) is 86.2 cm³/mol. The zero-order valence-corrected chi connectivity index (χ0v) is 14.8. The van der Waals surface area contributed by atoms with E-state index in [0.29, 0.717) is 0 Å². The number of alkyl halides is 2. The van der Waals surface area contributed by atoms with Gasteiger partial charge in [0.05, 0.1) is 10.8 Å². The third-order valence-corrected chi connectivity index (χ3v) is 4.28. The molecule has 0 fully saturated rings. The molecule has 2 rings (SSSR count). The molecule has 0 aromatic rings. The van der Waals surface area contributed by atoms with Crippen molar-refractivity contribution in [2.75, 3.05) is 27.4 Å². The van der Waals surface area contributed by atoms with Gasteiger partial charge in [-0.2, -0.15) is 0 Å². The van der Waals surface area contributed by atoms with Crippen LogP contribution in [0, 0.1) is 0 Å². The minimum Gasteiger partial charge on any atom is -0.431 e. The van der Waals surface area contributed by atoms with Gasteiger partial charge in [-0.1, -0.05) is 12.2 Å². The van der Waals surface area contributed by atoms with Crippen LogP contribution in [0.4, 0.5) is 4.79 Å². The van der Waals surface area contributed by atoms with E-state index in [1.54, 1.807) is 24.3 Å². The van der Waals surface area contributed by atoms with Gasteiger partial charge >= 0.3 is 6.16 Å². The number of rotatable bonds is 6. The van der Waals surface area contributed by atoms with E-state index in [-0.39, 0.29) is 13.2 Å². The van der Waals surface area contributed by atoms with Gasteiger partial charge in [-0.15, -0.1) is 23.2 Å². The van der Waals surface area contributed by atoms with Gasteiger partial charge in [0.1, 0.15) is 25.4 Å². The molecule has 0 saturated carbocycles. The summed E-state index contributed by atoms with van der Waals surface area (Å²) in [7, 11) is 3.01. The molecule has 2 heterocycles. The monoisotopic (exact) mass is 382 g/mol. The highest BCUT2D eigenvalue weighted by atomic mass is 35.5. The minimum absolute atomic E-state index is 0.0619. The van der Waals surface area contributed by atoms with Crippen molar-refractivity contribution < 1.29 is 33.2 Å². The Morgan fingerprint density at radius 1 is 0.875 bits per heavy atom. The zero-order valence-electron chi connectivity index (χ0n) is 13.3. The summed E-state index contributed by atoms with van der Waals surface area (Å²) in [5, 5.41) is -0.851. The Bertz CT molecular complexity index is 431. The van der Waals surface area contributed by atoms with Crippen molar-refractivity contribution in [1.82, 2.24) is 0 Å². The van der Waals surface area contributed by atoms with Gasteiger partial charge < -0.3 is 28.4 Å². The van der Waals surface area contributed by atoms with Crippen LogP contribution in [0.25, 0.3) is 0 Å². The Kier molecular flexibility index (Phi) is 7.80. The maximum Gasteiger partial charge on any atom is 0.508 e. The molecule has 24 heavy (non-hydrogen) atoms. The van der Waals surface area contributed by atoms with E-state index in [1.807, 2.05) is 0 Å². The van der Waals surface area contributed by atoms with Crippen molar-refractivity contribution in [2.24, 2.45) is 0 Å². The lowest BCUT2D eigenvalue weighted by molar-refractivity contribution is -0.150. The molecule has 136 valence electrons. The Morgan fingerprint density at radius 2 is 1.29 bits per heavy atom. The molecule has 0 amide bonds. The smallest absolute Gasteiger partial charge is 0.431 e. The highest BCUT2D eigenvalue weighted by Crippen LogP contribution is 2.20. The molecule has 0 aliphatic carbocycles. The molecule has 0 N–H and O–H groups in total. The molecule has 0 spiro atoms. The number of hydrogen-bond donors (Lipinski definition) is 0. The van der Waals surface area contributed by atoms with Gasteiger partial charge in [-0.05, 0) is 12.2 Å². The first-order valence-electron chi connectivity index (χ1n) is 7.34. The first-order chi connectivity index (χ1) is 11.5. The molecule has 7 nitrogen and oxygen atoms in total. The van der Waals surface area contributed by atoms with Crippen LogP contribution in [0.5, 0.6) is 0 Å². The maximum absolute atomic E-state index is 11.7. The fourth-order valence-corrected chi connectivity index (χ4v) is 2.53. The molecule has 0 aromatic heterocycles. The van der Waals surface area contributed by atoms with Crippen LogP contribution < -0.4 is 0 Å². The van der Waals surface area contributed by atoms with E-state index in [2.05, 4.69) is 0 Å². The Hall–Kier alpha value is -0.830. The van der Waals surface area contributed by atoms with Crippen LogP contribution in [-0.4, -0.2) is 69.1 Å². The Labute approximate surface area is 150 Å². The largest absolute Gasteiger partial charge is 0.508 e. The van der Waals surface area contributed by atoms with Crippen molar-refractivity contribution in [2.45, 2.75) is 35.5 Å². The molecule has 0 radical (unpaired) electrons. The standard InChI is InChI=1S/C15H20Cl2O7/c1-19-13-5-3-9(16)11(23-13)7-21-15(18)22-8-12-10(17)4-6-14(20-2)24-12/h3-6,9-14H,7-8H2,1-2H3. The topological polar surface area (TPSA) is 72.5 Å². The molecule has 2 aliphatic rings. The van der Waals surface area contributed by atoms with E-state index in [0.717, 1.165) is 0 Å².